The Morgan fingerprint density at radius 2 is 2.14 bits per heavy atom. The largest absolute Gasteiger partial charge is 0.326 e. The minimum absolute atomic E-state index is 0.0975. The van der Waals surface area contributed by atoms with Gasteiger partial charge < -0.3 is 5.73 Å². The molecule has 0 saturated heterocycles. The van der Waals surface area contributed by atoms with Gasteiger partial charge in [0, 0.05) is 18.8 Å². The predicted octanol–water partition coefficient (Wildman–Crippen LogP) is 1.41. The van der Waals surface area contributed by atoms with Crippen LogP contribution in [0, 0.1) is 0 Å². The SMILES string of the molecule is NCc1ccc(=O)n2cccc(Cl)c12. The van der Waals surface area contributed by atoms with Crippen LogP contribution >= 0.6 is 11.6 Å². The second kappa shape index (κ2) is 3.44. The fourth-order valence-electron chi connectivity index (χ4n) is 1.47. The zero-order valence-electron chi connectivity index (χ0n) is 7.40. The third-order valence-corrected chi connectivity index (χ3v) is 2.44. The molecule has 0 fully saturated rings. The lowest BCUT2D eigenvalue weighted by Crippen LogP contribution is -2.14. The van der Waals surface area contributed by atoms with Crippen molar-refractivity contribution in [1.29, 1.82) is 0 Å². The maximum absolute atomic E-state index is 11.5. The van der Waals surface area contributed by atoms with Crippen LogP contribution in [-0.4, -0.2) is 4.40 Å². The molecule has 3 nitrogen and oxygen atoms in total. The Morgan fingerprint density at radius 1 is 1.36 bits per heavy atom. The molecular weight excluding hydrogens is 200 g/mol. The number of aromatic nitrogens is 1. The van der Waals surface area contributed by atoms with E-state index in [4.69, 9.17) is 17.3 Å². The van der Waals surface area contributed by atoms with E-state index in [1.54, 1.807) is 24.4 Å². The average Bonchev–Trinajstić information content (AvgIpc) is 2.20. The van der Waals surface area contributed by atoms with E-state index >= 15 is 0 Å². The number of nitrogens with zero attached hydrogens (tertiary/aromatic N) is 1. The Morgan fingerprint density at radius 3 is 2.86 bits per heavy atom. The molecule has 2 rings (SSSR count). The summed E-state index contributed by atoms with van der Waals surface area (Å²) in [6.45, 7) is 0.369. The highest BCUT2D eigenvalue weighted by Crippen LogP contribution is 2.18. The molecule has 0 saturated carbocycles. The van der Waals surface area contributed by atoms with Gasteiger partial charge in [-0.15, -0.1) is 0 Å². The number of hydrogen-bond acceptors (Lipinski definition) is 2. The van der Waals surface area contributed by atoms with Crippen molar-refractivity contribution in [3.63, 3.8) is 0 Å². The van der Waals surface area contributed by atoms with Gasteiger partial charge in [0.25, 0.3) is 5.56 Å². The van der Waals surface area contributed by atoms with E-state index in [0.29, 0.717) is 17.1 Å². The predicted molar refractivity (Wildman–Crippen MR) is 56.6 cm³/mol. The summed E-state index contributed by atoms with van der Waals surface area (Å²) in [5.41, 5.74) is 7.03. The van der Waals surface area contributed by atoms with Crippen LogP contribution in [0.25, 0.3) is 5.52 Å². The maximum Gasteiger partial charge on any atom is 0.255 e. The molecule has 72 valence electrons. The van der Waals surface area contributed by atoms with Crippen molar-refractivity contribution in [2.24, 2.45) is 5.73 Å². The normalized spacial score (nSPS) is 10.7. The van der Waals surface area contributed by atoms with Crippen molar-refractivity contribution in [3.05, 3.63) is 51.4 Å². The molecule has 2 N–H and O–H groups in total. The molecule has 2 aromatic heterocycles. The first-order valence-electron chi connectivity index (χ1n) is 4.23. The minimum atomic E-state index is -0.0975. The van der Waals surface area contributed by atoms with Gasteiger partial charge in [-0.3, -0.25) is 9.20 Å². The van der Waals surface area contributed by atoms with Crippen molar-refractivity contribution in [2.45, 2.75) is 6.54 Å². The van der Waals surface area contributed by atoms with Crippen LogP contribution < -0.4 is 11.3 Å². The van der Waals surface area contributed by atoms with Gasteiger partial charge in [0.2, 0.25) is 0 Å². The maximum atomic E-state index is 11.5. The van der Waals surface area contributed by atoms with Crippen molar-refractivity contribution < 1.29 is 0 Å². The lowest BCUT2D eigenvalue weighted by atomic mass is 10.2. The fourth-order valence-corrected chi connectivity index (χ4v) is 1.75. The number of nitrogens with two attached hydrogens (primary N) is 1. The monoisotopic (exact) mass is 208 g/mol. The van der Waals surface area contributed by atoms with Crippen molar-refractivity contribution >= 4 is 17.1 Å². The summed E-state index contributed by atoms with van der Waals surface area (Å²) in [6.07, 6.45) is 1.68. The fraction of sp³-hybridized carbons (Fsp3) is 0.100. The lowest BCUT2D eigenvalue weighted by molar-refractivity contribution is 1.02. The molecule has 0 unspecified atom stereocenters. The van der Waals surface area contributed by atoms with E-state index in [0.717, 1.165) is 5.56 Å². The third kappa shape index (κ3) is 1.31. The van der Waals surface area contributed by atoms with Crippen LogP contribution in [0.4, 0.5) is 0 Å². The van der Waals surface area contributed by atoms with E-state index in [9.17, 15) is 4.79 Å². The van der Waals surface area contributed by atoms with Gasteiger partial charge >= 0.3 is 0 Å². The molecule has 14 heavy (non-hydrogen) atoms. The smallest absolute Gasteiger partial charge is 0.255 e. The number of pyridine rings is 2. The van der Waals surface area contributed by atoms with E-state index in [1.165, 1.54) is 10.5 Å². The summed E-state index contributed by atoms with van der Waals surface area (Å²) in [6, 6.07) is 6.68. The van der Waals surface area contributed by atoms with Gasteiger partial charge in [0.1, 0.15) is 0 Å². The Labute approximate surface area is 85.7 Å². The van der Waals surface area contributed by atoms with E-state index in [-0.39, 0.29) is 5.56 Å². The highest BCUT2D eigenvalue weighted by atomic mass is 35.5. The second-order valence-electron chi connectivity index (χ2n) is 2.98. The lowest BCUT2D eigenvalue weighted by Gasteiger charge is -2.06. The summed E-state index contributed by atoms with van der Waals surface area (Å²) < 4.78 is 1.50. The molecule has 0 radical (unpaired) electrons. The Kier molecular flexibility index (Phi) is 2.27. The van der Waals surface area contributed by atoms with Gasteiger partial charge in [-0.2, -0.15) is 0 Å². The van der Waals surface area contributed by atoms with Crippen LogP contribution in [-0.2, 0) is 6.54 Å². The molecule has 0 amide bonds. The van der Waals surface area contributed by atoms with Gasteiger partial charge in [-0.25, -0.2) is 0 Å². The Bertz CT molecular complexity index is 533. The first-order chi connectivity index (χ1) is 6.74. The van der Waals surface area contributed by atoms with Gasteiger partial charge in [0.05, 0.1) is 10.5 Å². The molecule has 4 heteroatoms. The molecule has 0 aliphatic rings. The summed E-state index contributed by atoms with van der Waals surface area (Å²) in [7, 11) is 0. The van der Waals surface area contributed by atoms with Crippen LogP contribution in [0.2, 0.25) is 5.02 Å². The summed E-state index contributed by atoms with van der Waals surface area (Å²) in [4.78, 5) is 11.5. The van der Waals surface area contributed by atoms with Crippen LogP contribution in [0.3, 0.4) is 0 Å². The zero-order chi connectivity index (χ0) is 10.1. The van der Waals surface area contributed by atoms with Crippen molar-refractivity contribution in [1.82, 2.24) is 4.40 Å². The topological polar surface area (TPSA) is 47.5 Å². The van der Waals surface area contributed by atoms with Gasteiger partial charge in [0.15, 0.2) is 0 Å². The van der Waals surface area contributed by atoms with E-state index < -0.39 is 0 Å². The molecule has 0 bridgehead atoms. The number of hydrogen-bond donors (Lipinski definition) is 1. The number of halogens is 1. The minimum Gasteiger partial charge on any atom is -0.326 e. The Balaban J connectivity index is 3.00. The molecule has 0 aliphatic heterocycles. The summed E-state index contributed by atoms with van der Waals surface area (Å²) >= 11 is 6.00. The highest BCUT2D eigenvalue weighted by molar-refractivity contribution is 6.34. The second-order valence-corrected chi connectivity index (χ2v) is 3.38. The van der Waals surface area contributed by atoms with Crippen molar-refractivity contribution in [3.8, 4) is 0 Å². The number of fused-ring (bicyclic) bond motifs is 1. The first kappa shape index (κ1) is 9.24. The van der Waals surface area contributed by atoms with Crippen molar-refractivity contribution in [2.75, 3.05) is 0 Å². The third-order valence-electron chi connectivity index (χ3n) is 2.13. The molecular formula is C10H9ClN2O. The quantitative estimate of drug-likeness (QED) is 0.771. The summed E-state index contributed by atoms with van der Waals surface area (Å²) in [5.74, 6) is 0. The zero-order valence-corrected chi connectivity index (χ0v) is 8.16. The molecule has 0 atom stereocenters. The van der Waals surface area contributed by atoms with Gasteiger partial charge in [-0.05, 0) is 17.7 Å². The molecule has 2 aromatic rings. The molecule has 0 spiro atoms. The standard InChI is InChI=1S/C10H9ClN2O/c11-8-2-1-5-13-9(14)4-3-7(6-12)10(8)13/h1-5H,6,12H2. The van der Waals surface area contributed by atoms with Gasteiger partial charge in [-0.1, -0.05) is 17.7 Å². The van der Waals surface area contributed by atoms with Crippen LogP contribution in [0.15, 0.2) is 35.3 Å². The molecule has 0 aliphatic carbocycles. The Hall–Kier alpha value is -1.32. The molecule has 2 heterocycles. The highest BCUT2D eigenvalue weighted by Gasteiger charge is 2.04. The van der Waals surface area contributed by atoms with Crippen LogP contribution in [0.5, 0.6) is 0 Å². The molecule has 0 aromatic carbocycles. The summed E-state index contributed by atoms with van der Waals surface area (Å²) in [5, 5.41) is 0.547. The first-order valence-corrected chi connectivity index (χ1v) is 4.60. The number of rotatable bonds is 1. The van der Waals surface area contributed by atoms with E-state index in [2.05, 4.69) is 0 Å². The average molecular weight is 209 g/mol. The van der Waals surface area contributed by atoms with E-state index in [1.807, 2.05) is 0 Å². The van der Waals surface area contributed by atoms with Crippen LogP contribution in [0.1, 0.15) is 5.56 Å².